The number of alkyl halides is 3. The monoisotopic (exact) mass is 283 g/mol. The third-order valence-electron chi connectivity index (χ3n) is 3.16. The number of halogens is 3. The van der Waals surface area contributed by atoms with E-state index in [1.165, 1.54) is 12.1 Å². The van der Waals surface area contributed by atoms with Crippen LogP contribution in [-0.2, 0) is 12.6 Å². The fraction of sp³-hybridized carbons (Fsp3) is 0.357. The lowest BCUT2D eigenvalue weighted by Gasteiger charge is -2.10. The van der Waals surface area contributed by atoms with Gasteiger partial charge in [-0.2, -0.15) is 18.3 Å². The van der Waals surface area contributed by atoms with Crippen LogP contribution in [0.2, 0.25) is 0 Å². The third kappa shape index (κ3) is 3.19. The Morgan fingerprint density at radius 1 is 1.30 bits per heavy atom. The van der Waals surface area contributed by atoms with Crippen molar-refractivity contribution in [2.24, 2.45) is 0 Å². The second-order valence-electron chi connectivity index (χ2n) is 4.72. The number of hydrogen-bond acceptors (Lipinski definition) is 2. The lowest BCUT2D eigenvalue weighted by Crippen LogP contribution is -2.23. The molecular formula is C14H16F3N3. The number of aromatic nitrogens is 2. The molecule has 0 aliphatic heterocycles. The quantitative estimate of drug-likeness (QED) is 0.904. The van der Waals surface area contributed by atoms with E-state index in [1.807, 2.05) is 14.0 Å². The lowest BCUT2D eigenvalue weighted by atomic mass is 10.0. The van der Waals surface area contributed by atoms with Gasteiger partial charge in [-0.05, 0) is 26.1 Å². The van der Waals surface area contributed by atoms with E-state index in [2.05, 4.69) is 15.5 Å². The van der Waals surface area contributed by atoms with Gasteiger partial charge in [0.25, 0.3) is 0 Å². The van der Waals surface area contributed by atoms with E-state index in [-0.39, 0.29) is 11.6 Å². The summed E-state index contributed by atoms with van der Waals surface area (Å²) in [5.41, 5.74) is 0.550. The van der Waals surface area contributed by atoms with Crippen molar-refractivity contribution in [1.82, 2.24) is 15.5 Å². The van der Waals surface area contributed by atoms with Gasteiger partial charge in [0.15, 0.2) is 0 Å². The first-order valence-electron chi connectivity index (χ1n) is 6.30. The molecule has 1 aromatic heterocycles. The van der Waals surface area contributed by atoms with Crippen molar-refractivity contribution in [3.8, 4) is 11.3 Å². The zero-order chi connectivity index (χ0) is 14.8. The van der Waals surface area contributed by atoms with Crippen LogP contribution < -0.4 is 5.32 Å². The SMILES string of the molecule is CNC(C)Cc1cc(-c2ccccc2C(F)(F)F)n[nH]1. The van der Waals surface area contributed by atoms with E-state index in [4.69, 9.17) is 0 Å². The molecule has 1 aromatic carbocycles. The van der Waals surface area contributed by atoms with E-state index >= 15 is 0 Å². The van der Waals surface area contributed by atoms with Gasteiger partial charge in [0.1, 0.15) is 0 Å². The molecule has 108 valence electrons. The van der Waals surface area contributed by atoms with Gasteiger partial charge >= 0.3 is 6.18 Å². The maximum atomic E-state index is 13.0. The van der Waals surface area contributed by atoms with E-state index < -0.39 is 11.7 Å². The highest BCUT2D eigenvalue weighted by Gasteiger charge is 2.33. The molecule has 1 heterocycles. The van der Waals surface area contributed by atoms with Crippen LogP contribution >= 0.6 is 0 Å². The second kappa shape index (κ2) is 5.66. The molecule has 0 amide bonds. The Morgan fingerprint density at radius 3 is 2.65 bits per heavy atom. The van der Waals surface area contributed by atoms with Gasteiger partial charge in [-0.3, -0.25) is 5.10 Å². The highest BCUT2D eigenvalue weighted by Crippen LogP contribution is 2.36. The molecule has 1 unspecified atom stereocenters. The maximum Gasteiger partial charge on any atom is 0.417 e. The number of H-pyrrole nitrogens is 1. The number of benzene rings is 1. The zero-order valence-electron chi connectivity index (χ0n) is 11.3. The Bertz CT molecular complexity index is 575. The van der Waals surface area contributed by atoms with Crippen molar-refractivity contribution in [2.75, 3.05) is 7.05 Å². The van der Waals surface area contributed by atoms with Gasteiger partial charge in [-0.15, -0.1) is 0 Å². The molecule has 0 saturated heterocycles. The van der Waals surface area contributed by atoms with Crippen LogP contribution in [0.15, 0.2) is 30.3 Å². The molecule has 0 fully saturated rings. The summed E-state index contributed by atoms with van der Waals surface area (Å²) in [7, 11) is 1.83. The summed E-state index contributed by atoms with van der Waals surface area (Å²) in [4.78, 5) is 0. The van der Waals surface area contributed by atoms with Crippen molar-refractivity contribution < 1.29 is 13.2 Å². The maximum absolute atomic E-state index is 13.0. The molecule has 2 rings (SSSR count). The molecule has 0 radical (unpaired) electrons. The molecule has 2 aromatic rings. The van der Waals surface area contributed by atoms with Crippen LogP contribution in [0, 0.1) is 0 Å². The van der Waals surface area contributed by atoms with Crippen molar-refractivity contribution in [3.63, 3.8) is 0 Å². The summed E-state index contributed by atoms with van der Waals surface area (Å²) < 4.78 is 38.9. The fourth-order valence-electron chi connectivity index (χ4n) is 1.99. The Morgan fingerprint density at radius 2 is 2.00 bits per heavy atom. The van der Waals surface area contributed by atoms with Gasteiger partial charge in [-0.25, -0.2) is 0 Å². The zero-order valence-corrected chi connectivity index (χ0v) is 11.3. The average Bonchev–Trinajstić information content (AvgIpc) is 2.86. The van der Waals surface area contributed by atoms with Crippen LogP contribution in [0.25, 0.3) is 11.3 Å². The molecule has 0 spiro atoms. The Hall–Kier alpha value is -1.82. The number of nitrogens with one attached hydrogen (secondary N) is 2. The van der Waals surface area contributed by atoms with E-state index in [9.17, 15) is 13.2 Å². The van der Waals surface area contributed by atoms with Gasteiger partial charge in [0.2, 0.25) is 0 Å². The largest absolute Gasteiger partial charge is 0.417 e. The average molecular weight is 283 g/mol. The highest BCUT2D eigenvalue weighted by atomic mass is 19.4. The van der Waals surface area contributed by atoms with Crippen LogP contribution in [0.3, 0.4) is 0 Å². The van der Waals surface area contributed by atoms with Crippen LogP contribution in [0.1, 0.15) is 18.2 Å². The first kappa shape index (κ1) is 14.6. The van der Waals surface area contributed by atoms with E-state index in [1.54, 1.807) is 12.1 Å². The third-order valence-corrected chi connectivity index (χ3v) is 3.16. The highest BCUT2D eigenvalue weighted by molar-refractivity contribution is 5.64. The van der Waals surface area contributed by atoms with E-state index in [0.717, 1.165) is 11.8 Å². The minimum atomic E-state index is -4.38. The molecule has 6 heteroatoms. The lowest BCUT2D eigenvalue weighted by molar-refractivity contribution is -0.137. The fourth-order valence-corrected chi connectivity index (χ4v) is 1.99. The topological polar surface area (TPSA) is 40.7 Å². The number of hydrogen-bond donors (Lipinski definition) is 2. The number of rotatable bonds is 4. The molecule has 1 atom stereocenters. The van der Waals surface area contributed by atoms with Crippen LogP contribution in [0.4, 0.5) is 13.2 Å². The summed E-state index contributed by atoms with van der Waals surface area (Å²) in [6, 6.07) is 7.35. The number of likely N-dealkylation sites (N-methyl/N-ethyl adjacent to an activating group) is 1. The normalized spacial score (nSPS) is 13.4. The van der Waals surface area contributed by atoms with Crippen molar-refractivity contribution >= 4 is 0 Å². The summed E-state index contributed by atoms with van der Waals surface area (Å²) in [6.45, 7) is 1.99. The summed E-state index contributed by atoms with van der Waals surface area (Å²) in [6.07, 6.45) is -3.70. The molecule has 3 nitrogen and oxygen atoms in total. The van der Waals surface area contributed by atoms with Gasteiger partial charge in [0, 0.05) is 23.7 Å². The van der Waals surface area contributed by atoms with E-state index in [0.29, 0.717) is 12.1 Å². The summed E-state index contributed by atoms with van der Waals surface area (Å²) in [5.74, 6) is 0. The van der Waals surface area contributed by atoms with Crippen molar-refractivity contribution in [1.29, 1.82) is 0 Å². The summed E-state index contributed by atoms with van der Waals surface area (Å²) >= 11 is 0. The Kier molecular flexibility index (Phi) is 4.13. The molecule has 0 aliphatic carbocycles. The van der Waals surface area contributed by atoms with Crippen LogP contribution in [0.5, 0.6) is 0 Å². The Labute approximate surface area is 115 Å². The molecule has 20 heavy (non-hydrogen) atoms. The molecule has 0 aliphatic rings. The molecule has 2 N–H and O–H groups in total. The predicted octanol–water partition coefficient (Wildman–Crippen LogP) is 3.25. The second-order valence-corrected chi connectivity index (χ2v) is 4.72. The van der Waals surface area contributed by atoms with Crippen molar-refractivity contribution in [2.45, 2.75) is 25.6 Å². The van der Waals surface area contributed by atoms with Gasteiger partial charge < -0.3 is 5.32 Å². The summed E-state index contributed by atoms with van der Waals surface area (Å²) in [5, 5.41) is 9.86. The first-order chi connectivity index (χ1) is 9.41. The Balaban J connectivity index is 2.33. The predicted molar refractivity (Wildman–Crippen MR) is 71.3 cm³/mol. The number of aromatic amines is 1. The first-order valence-corrected chi connectivity index (χ1v) is 6.30. The van der Waals surface area contributed by atoms with Gasteiger partial charge in [0.05, 0.1) is 11.3 Å². The number of nitrogens with zero attached hydrogens (tertiary/aromatic N) is 1. The smallest absolute Gasteiger partial charge is 0.317 e. The molecule has 0 saturated carbocycles. The van der Waals surface area contributed by atoms with Gasteiger partial charge in [-0.1, -0.05) is 18.2 Å². The molecule has 0 bridgehead atoms. The minimum absolute atomic E-state index is 0.0969. The standard InChI is InChI=1S/C14H16F3N3/c1-9(18-2)7-10-8-13(20-19-10)11-5-3-4-6-12(11)14(15,16)17/h3-6,8-9,18H,7H2,1-2H3,(H,19,20). The minimum Gasteiger partial charge on any atom is -0.317 e. The molecular weight excluding hydrogens is 267 g/mol. The van der Waals surface area contributed by atoms with Crippen molar-refractivity contribution in [3.05, 3.63) is 41.6 Å². The van der Waals surface area contributed by atoms with Crippen LogP contribution in [-0.4, -0.2) is 23.3 Å².